The molecule has 0 bridgehead atoms. The standard InChI is InChI=1S/C14H19N3O4/c1-2-7-16(11-5-6-15-9-11)14(19)10-3-4-12(17(20)21)13(18)8-10/h3-4,8,11,15,18H,2,5-7,9H2,1H3. The molecular formula is C14H19N3O4. The minimum atomic E-state index is -0.672. The molecule has 0 radical (unpaired) electrons. The molecular weight excluding hydrogens is 274 g/mol. The van der Waals surface area contributed by atoms with Gasteiger partial charge in [-0.25, -0.2) is 0 Å². The van der Waals surface area contributed by atoms with E-state index in [-0.39, 0.29) is 17.5 Å². The lowest BCUT2D eigenvalue weighted by molar-refractivity contribution is -0.385. The highest BCUT2D eigenvalue weighted by atomic mass is 16.6. The third-order valence-corrected chi connectivity index (χ3v) is 3.62. The fourth-order valence-corrected chi connectivity index (χ4v) is 2.57. The number of nitrogens with one attached hydrogen (secondary N) is 1. The van der Waals surface area contributed by atoms with Crippen molar-refractivity contribution in [1.29, 1.82) is 0 Å². The smallest absolute Gasteiger partial charge is 0.310 e. The Balaban J connectivity index is 2.23. The average Bonchev–Trinajstić information content (AvgIpc) is 2.97. The first-order valence-electron chi connectivity index (χ1n) is 7.03. The van der Waals surface area contributed by atoms with Gasteiger partial charge >= 0.3 is 5.69 Å². The predicted octanol–water partition coefficient (Wildman–Crippen LogP) is 1.51. The molecule has 1 aliphatic rings. The fraction of sp³-hybridized carbons (Fsp3) is 0.500. The molecule has 1 aromatic carbocycles. The van der Waals surface area contributed by atoms with Crippen LogP contribution in [0.2, 0.25) is 0 Å². The van der Waals surface area contributed by atoms with Crippen LogP contribution in [0.1, 0.15) is 30.1 Å². The lowest BCUT2D eigenvalue weighted by Gasteiger charge is -2.28. The van der Waals surface area contributed by atoms with E-state index in [0.29, 0.717) is 6.54 Å². The van der Waals surface area contributed by atoms with Gasteiger partial charge in [0.25, 0.3) is 5.91 Å². The number of nitrogens with zero attached hydrogens (tertiary/aromatic N) is 2. The Morgan fingerprint density at radius 3 is 2.86 bits per heavy atom. The van der Waals surface area contributed by atoms with Crippen molar-refractivity contribution in [3.05, 3.63) is 33.9 Å². The third kappa shape index (κ3) is 3.30. The fourth-order valence-electron chi connectivity index (χ4n) is 2.57. The number of aromatic hydroxyl groups is 1. The molecule has 2 N–H and O–H groups in total. The highest BCUT2D eigenvalue weighted by Gasteiger charge is 2.27. The quantitative estimate of drug-likeness (QED) is 0.634. The summed E-state index contributed by atoms with van der Waals surface area (Å²) in [6.07, 6.45) is 1.73. The summed E-state index contributed by atoms with van der Waals surface area (Å²) in [4.78, 5) is 24.4. The zero-order valence-electron chi connectivity index (χ0n) is 11.9. The van der Waals surface area contributed by atoms with E-state index in [1.807, 2.05) is 6.92 Å². The Hall–Kier alpha value is -2.15. The predicted molar refractivity (Wildman–Crippen MR) is 77.4 cm³/mol. The zero-order valence-corrected chi connectivity index (χ0v) is 11.9. The molecule has 1 aliphatic heterocycles. The summed E-state index contributed by atoms with van der Waals surface area (Å²) in [5, 5.41) is 23.6. The molecule has 7 heteroatoms. The van der Waals surface area contributed by atoms with Gasteiger partial charge in [-0.15, -0.1) is 0 Å². The summed E-state index contributed by atoms with van der Waals surface area (Å²) in [7, 11) is 0. The first kappa shape index (κ1) is 15.2. The van der Waals surface area contributed by atoms with Crippen molar-refractivity contribution in [3.8, 4) is 5.75 Å². The van der Waals surface area contributed by atoms with Crippen molar-refractivity contribution < 1.29 is 14.8 Å². The van der Waals surface area contributed by atoms with Crippen LogP contribution in [0.15, 0.2) is 18.2 Å². The molecule has 1 aromatic rings. The van der Waals surface area contributed by atoms with E-state index in [2.05, 4.69) is 5.32 Å². The van der Waals surface area contributed by atoms with Gasteiger partial charge in [0.1, 0.15) is 0 Å². The van der Waals surface area contributed by atoms with Crippen molar-refractivity contribution in [2.75, 3.05) is 19.6 Å². The van der Waals surface area contributed by atoms with Gasteiger partial charge in [-0.2, -0.15) is 0 Å². The summed E-state index contributed by atoms with van der Waals surface area (Å²) in [5.74, 6) is -0.678. The van der Waals surface area contributed by atoms with E-state index in [9.17, 15) is 20.0 Å². The number of phenols is 1. The second-order valence-electron chi connectivity index (χ2n) is 5.11. The molecule has 1 fully saturated rings. The molecule has 1 amide bonds. The van der Waals surface area contributed by atoms with Crippen LogP contribution in [0.3, 0.4) is 0 Å². The zero-order chi connectivity index (χ0) is 15.4. The summed E-state index contributed by atoms with van der Waals surface area (Å²) in [6, 6.07) is 3.87. The molecule has 1 saturated heterocycles. The number of nitro groups is 1. The number of benzene rings is 1. The number of nitro benzene ring substituents is 1. The maximum absolute atomic E-state index is 12.6. The minimum Gasteiger partial charge on any atom is -0.502 e. The van der Waals surface area contributed by atoms with Crippen LogP contribution in [0.25, 0.3) is 0 Å². The van der Waals surface area contributed by atoms with E-state index in [0.717, 1.165) is 25.9 Å². The van der Waals surface area contributed by atoms with Crippen molar-refractivity contribution in [1.82, 2.24) is 10.2 Å². The van der Waals surface area contributed by atoms with E-state index < -0.39 is 16.4 Å². The number of carbonyl (C=O) groups excluding carboxylic acids is 1. The second kappa shape index (κ2) is 6.53. The molecule has 0 saturated carbocycles. The van der Waals surface area contributed by atoms with Crippen molar-refractivity contribution in [2.24, 2.45) is 0 Å². The molecule has 114 valence electrons. The van der Waals surface area contributed by atoms with Crippen molar-refractivity contribution >= 4 is 11.6 Å². The van der Waals surface area contributed by atoms with Crippen LogP contribution >= 0.6 is 0 Å². The van der Waals surface area contributed by atoms with Gasteiger partial charge in [-0.05, 0) is 31.5 Å². The maximum Gasteiger partial charge on any atom is 0.310 e. The summed E-state index contributed by atoms with van der Waals surface area (Å²) in [6.45, 7) is 4.26. The Kier molecular flexibility index (Phi) is 4.74. The monoisotopic (exact) mass is 293 g/mol. The molecule has 0 aromatic heterocycles. The van der Waals surface area contributed by atoms with Gasteiger partial charge in [0, 0.05) is 30.8 Å². The number of amides is 1. The van der Waals surface area contributed by atoms with Crippen LogP contribution in [-0.4, -0.2) is 46.5 Å². The molecule has 0 spiro atoms. The Bertz CT molecular complexity index is 541. The SMILES string of the molecule is CCCN(C(=O)c1ccc([N+](=O)[O-])c(O)c1)C1CCNC1. The molecule has 2 rings (SSSR count). The van der Waals surface area contributed by atoms with Crippen LogP contribution in [0.4, 0.5) is 5.69 Å². The Morgan fingerprint density at radius 1 is 1.57 bits per heavy atom. The van der Waals surface area contributed by atoms with Gasteiger partial charge in [0.15, 0.2) is 5.75 Å². The van der Waals surface area contributed by atoms with Gasteiger partial charge in [0.2, 0.25) is 0 Å². The molecule has 0 aliphatic carbocycles. The molecule has 1 heterocycles. The largest absolute Gasteiger partial charge is 0.502 e. The Morgan fingerprint density at radius 2 is 2.33 bits per heavy atom. The van der Waals surface area contributed by atoms with Gasteiger partial charge in [0.05, 0.1) is 4.92 Å². The van der Waals surface area contributed by atoms with Gasteiger partial charge in [-0.1, -0.05) is 6.92 Å². The number of hydrogen-bond acceptors (Lipinski definition) is 5. The summed E-state index contributed by atoms with van der Waals surface area (Å²) >= 11 is 0. The molecule has 21 heavy (non-hydrogen) atoms. The third-order valence-electron chi connectivity index (χ3n) is 3.62. The topological polar surface area (TPSA) is 95.7 Å². The summed E-state index contributed by atoms with van der Waals surface area (Å²) < 4.78 is 0. The van der Waals surface area contributed by atoms with Crippen LogP contribution in [0, 0.1) is 10.1 Å². The van der Waals surface area contributed by atoms with E-state index >= 15 is 0 Å². The normalized spacial score (nSPS) is 17.7. The first-order chi connectivity index (χ1) is 10.0. The lowest BCUT2D eigenvalue weighted by atomic mass is 10.1. The van der Waals surface area contributed by atoms with Crippen molar-refractivity contribution in [3.63, 3.8) is 0 Å². The van der Waals surface area contributed by atoms with Gasteiger partial charge in [-0.3, -0.25) is 14.9 Å². The van der Waals surface area contributed by atoms with Crippen LogP contribution in [0.5, 0.6) is 5.75 Å². The lowest BCUT2D eigenvalue weighted by Crippen LogP contribution is -2.42. The number of carbonyl (C=O) groups is 1. The first-order valence-corrected chi connectivity index (χ1v) is 7.03. The van der Waals surface area contributed by atoms with Crippen molar-refractivity contribution in [2.45, 2.75) is 25.8 Å². The van der Waals surface area contributed by atoms with E-state index in [4.69, 9.17) is 0 Å². The van der Waals surface area contributed by atoms with Crippen LogP contribution in [-0.2, 0) is 0 Å². The van der Waals surface area contributed by atoms with E-state index in [1.165, 1.54) is 18.2 Å². The molecule has 1 atom stereocenters. The van der Waals surface area contributed by atoms with Gasteiger partial charge < -0.3 is 15.3 Å². The number of hydrogen-bond donors (Lipinski definition) is 2. The number of phenolic OH excluding ortho intramolecular Hbond substituents is 1. The average molecular weight is 293 g/mol. The maximum atomic E-state index is 12.6. The summed E-state index contributed by atoms with van der Waals surface area (Å²) in [5.41, 5.74) is -0.116. The molecule has 7 nitrogen and oxygen atoms in total. The highest BCUT2D eigenvalue weighted by molar-refractivity contribution is 5.95. The Labute approximate surface area is 122 Å². The van der Waals surface area contributed by atoms with E-state index in [1.54, 1.807) is 4.90 Å². The van der Waals surface area contributed by atoms with Crippen LogP contribution < -0.4 is 5.32 Å². The molecule has 1 unspecified atom stereocenters. The minimum absolute atomic E-state index is 0.134. The highest BCUT2D eigenvalue weighted by Crippen LogP contribution is 2.27. The second-order valence-corrected chi connectivity index (χ2v) is 5.11. The number of rotatable bonds is 5.